The first-order chi connectivity index (χ1) is 9.16. The summed E-state index contributed by atoms with van der Waals surface area (Å²) >= 11 is 0. The van der Waals surface area contributed by atoms with Gasteiger partial charge in [0, 0.05) is 31.4 Å². The summed E-state index contributed by atoms with van der Waals surface area (Å²) in [4.78, 5) is 0. The van der Waals surface area contributed by atoms with E-state index in [1.165, 1.54) is 12.8 Å². The molecule has 1 aromatic carbocycles. The summed E-state index contributed by atoms with van der Waals surface area (Å²) in [5.41, 5.74) is 0.137. The Morgan fingerprint density at radius 1 is 1.11 bits per heavy atom. The summed E-state index contributed by atoms with van der Waals surface area (Å²) in [5.74, 6) is -2.15. The zero-order chi connectivity index (χ0) is 13.7. The molecule has 106 valence electrons. The second-order valence-corrected chi connectivity index (χ2v) is 4.91. The molecule has 0 heterocycles. The molecule has 0 amide bonds. The van der Waals surface area contributed by atoms with Crippen molar-refractivity contribution < 1.29 is 17.9 Å². The van der Waals surface area contributed by atoms with E-state index in [0.29, 0.717) is 19.2 Å². The summed E-state index contributed by atoms with van der Waals surface area (Å²) in [7, 11) is 0. The zero-order valence-electron chi connectivity index (χ0n) is 10.7. The molecule has 0 unspecified atom stereocenters. The molecule has 0 saturated heterocycles. The molecule has 5 heteroatoms. The summed E-state index contributed by atoms with van der Waals surface area (Å²) in [5, 5.41) is 2.98. The van der Waals surface area contributed by atoms with Crippen LogP contribution < -0.4 is 5.32 Å². The maximum Gasteiger partial charge on any atom is 0.161 e. The number of hydrogen-bond acceptors (Lipinski definition) is 2. The van der Waals surface area contributed by atoms with E-state index in [1.54, 1.807) is 0 Å². The number of nitrogens with one attached hydrogen (secondary N) is 1. The molecule has 2 rings (SSSR count). The maximum atomic E-state index is 13.3. The summed E-state index contributed by atoms with van der Waals surface area (Å²) < 4.78 is 44.4. The van der Waals surface area contributed by atoms with Crippen LogP contribution in [-0.4, -0.2) is 19.8 Å². The highest BCUT2D eigenvalue weighted by molar-refractivity contribution is 5.19. The van der Waals surface area contributed by atoms with E-state index in [0.717, 1.165) is 25.0 Å². The molecule has 1 saturated carbocycles. The van der Waals surface area contributed by atoms with Crippen molar-refractivity contribution in [1.29, 1.82) is 0 Å². The van der Waals surface area contributed by atoms with Crippen molar-refractivity contribution in [2.75, 3.05) is 19.8 Å². The van der Waals surface area contributed by atoms with E-state index in [9.17, 15) is 13.2 Å². The van der Waals surface area contributed by atoms with Gasteiger partial charge in [0.2, 0.25) is 0 Å². The topological polar surface area (TPSA) is 21.3 Å². The van der Waals surface area contributed by atoms with Crippen LogP contribution in [0.1, 0.15) is 24.8 Å². The Bertz CT molecular complexity index is 421. The first-order valence-electron chi connectivity index (χ1n) is 6.58. The van der Waals surface area contributed by atoms with E-state index in [1.807, 2.05) is 0 Å². The number of halogens is 3. The molecule has 1 aromatic rings. The third kappa shape index (κ3) is 4.84. The van der Waals surface area contributed by atoms with Crippen LogP contribution in [0.2, 0.25) is 0 Å². The molecule has 19 heavy (non-hydrogen) atoms. The fourth-order valence-electron chi connectivity index (χ4n) is 1.76. The van der Waals surface area contributed by atoms with Gasteiger partial charge in [0.1, 0.15) is 5.82 Å². The number of rotatable bonds is 8. The molecule has 2 nitrogen and oxygen atoms in total. The van der Waals surface area contributed by atoms with Gasteiger partial charge in [-0.15, -0.1) is 0 Å². The maximum absolute atomic E-state index is 13.3. The number of hydrogen-bond donors (Lipinski definition) is 1. The molecule has 0 bridgehead atoms. The Kier molecular flexibility index (Phi) is 5.22. The highest BCUT2D eigenvalue weighted by atomic mass is 19.2. The zero-order valence-corrected chi connectivity index (χ0v) is 10.7. The highest BCUT2D eigenvalue weighted by Crippen LogP contribution is 2.28. The fraction of sp³-hybridized carbons (Fsp3) is 0.571. The minimum Gasteiger partial charge on any atom is -0.381 e. The predicted octanol–water partition coefficient (Wildman–Crippen LogP) is 3.01. The standard InChI is InChI=1S/C14H18F3NO/c15-12-7-14(17)13(16)6-11(12)8-18-4-1-5-19-9-10-2-3-10/h6-7,10,18H,1-5,8-9H2. The van der Waals surface area contributed by atoms with Crippen LogP contribution in [0.4, 0.5) is 13.2 Å². The summed E-state index contributed by atoms with van der Waals surface area (Å²) in [6.07, 6.45) is 3.36. The molecule has 1 N–H and O–H groups in total. The van der Waals surface area contributed by atoms with Crippen LogP contribution in [0, 0.1) is 23.4 Å². The smallest absolute Gasteiger partial charge is 0.161 e. The van der Waals surface area contributed by atoms with Gasteiger partial charge in [-0.05, 0) is 37.8 Å². The van der Waals surface area contributed by atoms with Crippen molar-refractivity contribution in [3.8, 4) is 0 Å². The van der Waals surface area contributed by atoms with Gasteiger partial charge in [-0.3, -0.25) is 0 Å². The van der Waals surface area contributed by atoms with Crippen LogP contribution in [0.5, 0.6) is 0 Å². The Morgan fingerprint density at radius 3 is 2.58 bits per heavy atom. The molecular weight excluding hydrogens is 255 g/mol. The molecule has 0 radical (unpaired) electrons. The monoisotopic (exact) mass is 273 g/mol. The van der Waals surface area contributed by atoms with Crippen LogP contribution in [0.25, 0.3) is 0 Å². The van der Waals surface area contributed by atoms with E-state index in [-0.39, 0.29) is 12.1 Å². The van der Waals surface area contributed by atoms with Crippen LogP contribution in [0.3, 0.4) is 0 Å². The molecule has 1 aliphatic carbocycles. The van der Waals surface area contributed by atoms with Crippen molar-refractivity contribution in [1.82, 2.24) is 5.32 Å². The van der Waals surface area contributed by atoms with Gasteiger partial charge in [-0.25, -0.2) is 13.2 Å². The van der Waals surface area contributed by atoms with Crippen molar-refractivity contribution in [2.24, 2.45) is 5.92 Å². The van der Waals surface area contributed by atoms with Gasteiger partial charge in [0.15, 0.2) is 11.6 Å². The number of ether oxygens (including phenoxy) is 1. The Hall–Kier alpha value is -1.07. The van der Waals surface area contributed by atoms with Crippen LogP contribution >= 0.6 is 0 Å². The SMILES string of the molecule is Fc1cc(F)c(CNCCCOCC2CC2)cc1F. The van der Waals surface area contributed by atoms with Gasteiger partial charge in [-0.1, -0.05) is 0 Å². The molecule has 0 aliphatic heterocycles. The second kappa shape index (κ2) is 6.91. The van der Waals surface area contributed by atoms with Crippen molar-refractivity contribution >= 4 is 0 Å². The van der Waals surface area contributed by atoms with Crippen LogP contribution in [0.15, 0.2) is 12.1 Å². The normalized spacial score (nSPS) is 14.9. The van der Waals surface area contributed by atoms with Gasteiger partial charge >= 0.3 is 0 Å². The van der Waals surface area contributed by atoms with Gasteiger partial charge in [-0.2, -0.15) is 0 Å². The van der Waals surface area contributed by atoms with E-state index >= 15 is 0 Å². The van der Waals surface area contributed by atoms with Gasteiger partial charge in [0.05, 0.1) is 0 Å². The third-order valence-corrected chi connectivity index (χ3v) is 3.10. The largest absolute Gasteiger partial charge is 0.381 e. The lowest BCUT2D eigenvalue weighted by Gasteiger charge is -2.07. The Balaban J connectivity index is 1.60. The lowest BCUT2D eigenvalue weighted by molar-refractivity contribution is 0.122. The first-order valence-corrected chi connectivity index (χ1v) is 6.58. The average molecular weight is 273 g/mol. The minimum atomic E-state index is -1.16. The van der Waals surface area contributed by atoms with E-state index < -0.39 is 17.5 Å². The average Bonchev–Trinajstić information content (AvgIpc) is 3.18. The number of benzene rings is 1. The third-order valence-electron chi connectivity index (χ3n) is 3.10. The van der Waals surface area contributed by atoms with Gasteiger partial charge in [0.25, 0.3) is 0 Å². The molecule has 1 fully saturated rings. The molecule has 1 aliphatic rings. The van der Waals surface area contributed by atoms with Crippen molar-refractivity contribution in [3.63, 3.8) is 0 Å². The summed E-state index contributed by atoms with van der Waals surface area (Å²) in [6.45, 7) is 2.34. The minimum absolute atomic E-state index is 0.137. The molecule has 0 aromatic heterocycles. The van der Waals surface area contributed by atoms with Crippen LogP contribution in [-0.2, 0) is 11.3 Å². The summed E-state index contributed by atoms with van der Waals surface area (Å²) in [6, 6.07) is 1.46. The predicted molar refractivity (Wildman–Crippen MR) is 66.2 cm³/mol. The van der Waals surface area contributed by atoms with Crippen molar-refractivity contribution in [3.05, 3.63) is 35.1 Å². The molecule has 0 spiro atoms. The first kappa shape index (κ1) is 14.3. The fourth-order valence-corrected chi connectivity index (χ4v) is 1.76. The Labute approximate surface area is 111 Å². The lowest BCUT2D eigenvalue weighted by atomic mass is 10.2. The molecular formula is C14H18F3NO. The van der Waals surface area contributed by atoms with Crippen molar-refractivity contribution in [2.45, 2.75) is 25.8 Å². The highest BCUT2D eigenvalue weighted by Gasteiger charge is 2.20. The molecule has 0 atom stereocenters. The van der Waals surface area contributed by atoms with Gasteiger partial charge < -0.3 is 10.1 Å². The van der Waals surface area contributed by atoms with E-state index in [4.69, 9.17) is 4.74 Å². The lowest BCUT2D eigenvalue weighted by Crippen LogP contribution is -2.17. The quantitative estimate of drug-likeness (QED) is 0.580. The Morgan fingerprint density at radius 2 is 1.84 bits per heavy atom. The second-order valence-electron chi connectivity index (χ2n) is 4.91. The van der Waals surface area contributed by atoms with E-state index in [2.05, 4.69) is 5.32 Å².